The van der Waals surface area contributed by atoms with Crippen LogP contribution in [-0.4, -0.2) is 58.2 Å². The maximum absolute atomic E-state index is 14.8. The highest BCUT2D eigenvalue weighted by Gasteiger charge is 2.25. The number of aliphatic hydroxyl groups excluding tert-OH is 1. The number of nitrogens with zero attached hydrogens (tertiary/aromatic N) is 3. The van der Waals surface area contributed by atoms with E-state index in [1.807, 2.05) is 13.0 Å². The molecule has 2 atom stereocenters. The van der Waals surface area contributed by atoms with Crippen molar-refractivity contribution >= 4 is 23.1 Å². The van der Waals surface area contributed by atoms with Gasteiger partial charge >= 0.3 is 0 Å². The molecule has 1 fully saturated rings. The number of halogens is 2. The van der Waals surface area contributed by atoms with Gasteiger partial charge in [0.25, 0.3) is 5.91 Å². The number of β-amino-alcohol motifs (C(OH)–C–C–N with tert-alkyl or cyclic N) is 1. The van der Waals surface area contributed by atoms with Gasteiger partial charge in [-0.25, -0.2) is 14.4 Å². The maximum Gasteiger partial charge on any atom is 0.251 e. The monoisotopic (exact) mass is 522 g/mol. The summed E-state index contributed by atoms with van der Waals surface area (Å²) in [5.41, 5.74) is 2.90. The summed E-state index contributed by atoms with van der Waals surface area (Å²) in [5, 5.41) is 19.2. The Labute approximate surface area is 217 Å². The molecule has 0 saturated carbocycles. The summed E-state index contributed by atoms with van der Waals surface area (Å²) < 4.78 is 35.6. The van der Waals surface area contributed by atoms with Crippen LogP contribution in [0.3, 0.4) is 0 Å². The molecule has 3 heterocycles. The highest BCUT2D eigenvalue weighted by molar-refractivity contribution is 5.96. The number of hydrogen-bond acceptors (Lipinski definition) is 7. The molecule has 11 heteroatoms. The number of aryl methyl sites for hydroxylation is 1. The standard InChI is InChI=1S/C27H28F2N6O3/c1-3-15-10-17(4-5-18(15)27(37)33-12-16-11-30-14-21(16)36)34-25-26-32-13-20(35(26)9-8-31-25)19-6-7-22(38-2)24(29)23(19)28/h4-10,13,16,21,30,36H,3,11-12,14H2,1-2H3,(H,31,34)(H,33,37)/t16-,21-/m0/s1. The van der Waals surface area contributed by atoms with Gasteiger partial charge in [0.15, 0.2) is 23.0 Å². The number of anilines is 2. The number of aromatic nitrogens is 3. The molecular weight excluding hydrogens is 494 g/mol. The molecular formula is C27H28F2N6O3. The van der Waals surface area contributed by atoms with Crippen LogP contribution >= 0.6 is 0 Å². The Morgan fingerprint density at radius 3 is 2.79 bits per heavy atom. The number of benzene rings is 2. The molecule has 2 aromatic carbocycles. The number of aliphatic hydroxyl groups is 1. The first kappa shape index (κ1) is 25.6. The van der Waals surface area contributed by atoms with Crippen LogP contribution in [0, 0.1) is 17.6 Å². The zero-order valence-corrected chi connectivity index (χ0v) is 21.0. The lowest BCUT2D eigenvalue weighted by Crippen LogP contribution is -2.34. The number of nitrogens with one attached hydrogen (secondary N) is 3. The smallest absolute Gasteiger partial charge is 0.251 e. The summed E-state index contributed by atoms with van der Waals surface area (Å²) in [6.07, 6.45) is 4.76. The molecule has 0 bridgehead atoms. The van der Waals surface area contributed by atoms with Crippen molar-refractivity contribution in [3.63, 3.8) is 0 Å². The van der Waals surface area contributed by atoms with E-state index in [0.717, 1.165) is 5.56 Å². The second-order valence-electron chi connectivity index (χ2n) is 9.10. The van der Waals surface area contributed by atoms with E-state index in [1.54, 1.807) is 22.7 Å². The number of carbonyl (C=O) groups excluding carboxylic acids is 1. The molecule has 5 rings (SSSR count). The first-order valence-electron chi connectivity index (χ1n) is 12.3. The maximum atomic E-state index is 14.8. The van der Waals surface area contributed by atoms with Crippen LogP contribution in [0.15, 0.2) is 48.9 Å². The molecule has 1 aliphatic heterocycles. The van der Waals surface area contributed by atoms with Crippen molar-refractivity contribution < 1.29 is 23.4 Å². The Kier molecular flexibility index (Phi) is 7.21. The molecule has 0 aliphatic carbocycles. The predicted octanol–water partition coefficient (Wildman–Crippen LogP) is 3.30. The number of rotatable bonds is 8. The minimum Gasteiger partial charge on any atom is -0.494 e. The Bertz CT molecular complexity index is 1490. The zero-order valence-electron chi connectivity index (χ0n) is 21.0. The lowest BCUT2D eigenvalue weighted by Gasteiger charge is -2.16. The fourth-order valence-corrected chi connectivity index (χ4v) is 4.66. The van der Waals surface area contributed by atoms with E-state index >= 15 is 0 Å². The van der Waals surface area contributed by atoms with Crippen LogP contribution in [0.4, 0.5) is 20.3 Å². The highest BCUT2D eigenvalue weighted by Crippen LogP contribution is 2.31. The summed E-state index contributed by atoms with van der Waals surface area (Å²) in [5.74, 6) is -2.08. The summed E-state index contributed by atoms with van der Waals surface area (Å²) >= 11 is 0. The minimum atomic E-state index is -1.07. The van der Waals surface area contributed by atoms with Crippen LogP contribution in [0.2, 0.25) is 0 Å². The molecule has 2 aromatic heterocycles. The van der Waals surface area contributed by atoms with Crippen molar-refractivity contribution in [2.24, 2.45) is 5.92 Å². The van der Waals surface area contributed by atoms with Gasteiger partial charge in [-0.2, -0.15) is 4.39 Å². The molecule has 1 aliphatic rings. The van der Waals surface area contributed by atoms with E-state index in [0.29, 0.717) is 54.5 Å². The number of fused-ring (bicyclic) bond motifs is 1. The number of ether oxygens (including phenoxy) is 1. The fourth-order valence-electron chi connectivity index (χ4n) is 4.66. The average Bonchev–Trinajstić information content (AvgIpc) is 3.55. The van der Waals surface area contributed by atoms with E-state index < -0.39 is 17.7 Å². The quantitative estimate of drug-likeness (QED) is 0.281. The Morgan fingerprint density at radius 1 is 1.21 bits per heavy atom. The molecule has 0 radical (unpaired) electrons. The van der Waals surface area contributed by atoms with Crippen LogP contribution in [-0.2, 0) is 6.42 Å². The third-order valence-electron chi connectivity index (χ3n) is 6.79. The summed E-state index contributed by atoms with van der Waals surface area (Å²) in [4.78, 5) is 21.6. The second kappa shape index (κ2) is 10.7. The molecule has 0 spiro atoms. The van der Waals surface area contributed by atoms with Gasteiger partial charge in [-0.15, -0.1) is 0 Å². The van der Waals surface area contributed by atoms with E-state index in [1.165, 1.54) is 31.6 Å². The Morgan fingerprint density at radius 2 is 2.05 bits per heavy atom. The Balaban J connectivity index is 1.39. The van der Waals surface area contributed by atoms with Gasteiger partial charge in [0, 0.05) is 54.8 Å². The third kappa shape index (κ3) is 4.77. The largest absolute Gasteiger partial charge is 0.494 e. The molecule has 4 N–H and O–H groups in total. The molecule has 38 heavy (non-hydrogen) atoms. The van der Waals surface area contributed by atoms with Gasteiger partial charge in [-0.1, -0.05) is 6.92 Å². The van der Waals surface area contributed by atoms with Crippen molar-refractivity contribution in [2.45, 2.75) is 19.4 Å². The van der Waals surface area contributed by atoms with Gasteiger partial charge in [0.2, 0.25) is 5.82 Å². The molecule has 0 unspecified atom stereocenters. The number of amides is 1. The average molecular weight is 523 g/mol. The number of carbonyl (C=O) groups is 1. The van der Waals surface area contributed by atoms with Crippen molar-refractivity contribution in [1.29, 1.82) is 0 Å². The normalized spacial score (nSPS) is 17.1. The lowest BCUT2D eigenvalue weighted by atomic mass is 10.0. The molecule has 1 saturated heterocycles. The van der Waals surface area contributed by atoms with Crippen LogP contribution in [0.25, 0.3) is 16.9 Å². The fraction of sp³-hybridized carbons (Fsp3) is 0.296. The molecule has 9 nitrogen and oxygen atoms in total. The van der Waals surface area contributed by atoms with Gasteiger partial charge in [-0.05, 0) is 42.3 Å². The van der Waals surface area contributed by atoms with Crippen LogP contribution < -0.4 is 20.7 Å². The SMILES string of the molecule is CCc1cc(Nc2nccn3c(-c4ccc(OC)c(F)c4F)cnc23)ccc1C(=O)NC[C@@H]1CNC[C@@H]1O. The first-order valence-corrected chi connectivity index (χ1v) is 12.3. The van der Waals surface area contributed by atoms with Crippen molar-refractivity contribution in [1.82, 2.24) is 25.0 Å². The lowest BCUT2D eigenvalue weighted by molar-refractivity contribution is 0.0926. The van der Waals surface area contributed by atoms with Crippen molar-refractivity contribution in [2.75, 3.05) is 32.1 Å². The third-order valence-corrected chi connectivity index (χ3v) is 6.79. The van der Waals surface area contributed by atoms with Gasteiger partial charge in [-0.3, -0.25) is 9.20 Å². The Hall–Kier alpha value is -4.09. The zero-order chi connectivity index (χ0) is 26.8. The summed E-state index contributed by atoms with van der Waals surface area (Å²) in [6, 6.07) is 8.19. The van der Waals surface area contributed by atoms with Gasteiger partial charge in [0.05, 0.1) is 25.1 Å². The second-order valence-corrected chi connectivity index (χ2v) is 9.10. The van der Waals surface area contributed by atoms with Crippen molar-refractivity contribution in [3.8, 4) is 17.0 Å². The van der Waals surface area contributed by atoms with E-state index in [9.17, 15) is 18.7 Å². The molecule has 198 valence electrons. The number of imidazole rings is 1. The molecule has 1 amide bonds. The summed E-state index contributed by atoms with van der Waals surface area (Å²) in [6.45, 7) is 3.55. The highest BCUT2D eigenvalue weighted by atomic mass is 19.2. The summed E-state index contributed by atoms with van der Waals surface area (Å²) in [7, 11) is 1.28. The first-order chi connectivity index (χ1) is 18.4. The number of hydrogen-bond donors (Lipinski definition) is 4. The number of methoxy groups -OCH3 is 1. The van der Waals surface area contributed by atoms with Gasteiger partial charge < -0.3 is 25.8 Å². The van der Waals surface area contributed by atoms with Gasteiger partial charge in [0.1, 0.15) is 0 Å². The van der Waals surface area contributed by atoms with Crippen molar-refractivity contribution in [3.05, 3.63) is 71.7 Å². The topological polar surface area (TPSA) is 113 Å². The van der Waals surface area contributed by atoms with E-state index in [4.69, 9.17) is 4.74 Å². The van der Waals surface area contributed by atoms with Crippen LogP contribution in [0.1, 0.15) is 22.8 Å². The van der Waals surface area contributed by atoms with E-state index in [-0.39, 0.29) is 23.1 Å². The van der Waals surface area contributed by atoms with Crippen LogP contribution in [0.5, 0.6) is 5.75 Å². The predicted molar refractivity (Wildman–Crippen MR) is 139 cm³/mol. The molecule has 4 aromatic rings. The van der Waals surface area contributed by atoms with E-state index in [2.05, 4.69) is 25.9 Å². The minimum absolute atomic E-state index is 0.0150.